The van der Waals surface area contributed by atoms with E-state index in [1.807, 2.05) is 6.92 Å². The van der Waals surface area contributed by atoms with Crippen LogP contribution in [0.1, 0.15) is 54.9 Å². The summed E-state index contributed by atoms with van der Waals surface area (Å²) in [5.41, 5.74) is -0.546. The summed E-state index contributed by atoms with van der Waals surface area (Å²) in [6.07, 6.45) is 0.673. The standard InChI is InChI=1S/C10H19NO2.C9H19NO4S/c1-5-11(6-2)7-8-13-10(12)9(3)4;1-5-7(2)8(11)10-9(3,4)6-15(12,13)14/h3,5-8H2,1-2,4H3;7H,5-6H2,1-4H3,(H,10,11)(H,12,13,14). The molecule has 1 unspecified atom stereocenters. The summed E-state index contributed by atoms with van der Waals surface area (Å²) in [5, 5.41) is 2.55. The van der Waals surface area contributed by atoms with E-state index in [0.717, 1.165) is 19.6 Å². The summed E-state index contributed by atoms with van der Waals surface area (Å²) in [4.78, 5) is 23.9. The second-order valence-electron chi connectivity index (χ2n) is 7.51. The molecule has 0 rings (SSSR count). The number of hydrogen-bond acceptors (Lipinski definition) is 6. The fourth-order valence-corrected chi connectivity index (χ4v) is 3.09. The highest BCUT2D eigenvalue weighted by Crippen LogP contribution is 2.09. The van der Waals surface area contributed by atoms with E-state index in [0.29, 0.717) is 18.6 Å². The van der Waals surface area contributed by atoms with Crippen LogP contribution in [0.2, 0.25) is 0 Å². The van der Waals surface area contributed by atoms with E-state index in [1.54, 1.807) is 13.8 Å². The van der Waals surface area contributed by atoms with Crippen LogP contribution in [0.15, 0.2) is 12.2 Å². The number of nitrogens with one attached hydrogen (secondary N) is 2. The van der Waals surface area contributed by atoms with Crippen LogP contribution < -0.4 is 10.2 Å². The molecule has 0 aliphatic carbocycles. The monoisotopic (exact) mass is 422 g/mol. The fourth-order valence-electron chi connectivity index (χ4n) is 2.13. The van der Waals surface area contributed by atoms with E-state index in [9.17, 15) is 22.6 Å². The maximum atomic E-state index is 11.5. The molecule has 1 atom stereocenters. The average molecular weight is 423 g/mol. The third-order valence-corrected chi connectivity index (χ3v) is 5.17. The molecule has 0 saturated heterocycles. The molecule has 0 bridgehead atoms. The van der Waals surface area contributed by atoms with Crippen LogP contribution in [-0.4, -0.2) is 62.4 Å². The van der Waals surface area contributed by atoms with Gasteiger partial charge in [0.15, 0.2) is 0 Å². The van der Waals surface area contributed by atoms with Crippen molar-refractivity contribution in [1.29, 1.82) is 0 Å². The Labute approximate surface area is 170 Å². The van der Waals surface area contributed by atoms with Crippen LogP contribution in [0.3, 0.4) is 0 Å². The molecule has 0 saturated carbocycles. The van der Waals surface area contributed by atoms with Crippen LogP contribution >= 0.6 is 0 Å². The number of amides is 1. The maximum absolute atomic E-state index is 11.5. The molecule has 0 aromatic carbocycles. The number of rotatable bonds is 11. The van der Waals surface area contributed by atoms with Gasteiger partial charge in [-0.3, -0.25) is 4.79 Å². The second kappa shape index (κ2) is 13.7. The van der Waals surface area contributed by atoms with Gasteiger partial charge < -0.3 is 19.5 Å². The molecule has 2 N–H and O–H groups in total. The first-order valence-electron chi connectivity index (χ1n) is 9.60. The summed E-state index contributed by atoms with van der Waals surface area (Å²) < 4.78 is 36.7. The molecular weight excluding hydrogens is 384 g/mol. The van der Waals surface area contributed by atoms with Gasteiger partial charge in [-0.2, -0.15) is 0 Å². The van der Waals surface area contributed by atoms with Gasteiger partial charge in [0, 0.05) is 17.0 Å². The Hall–Kier alpha value is -1.45. The minimum Gasteiger partial charge on any atom is -0.748 e. The lowest BCUT2D eigenvalue weighted by Gasteiger charge is -2.28. The van der Waals surface area contributed by atoms with Crippen LogP contribution in [0.25, 0.3) is 0 Å². The zero-order chi connectivity index (χ0) is 22.5. The summed E-state index contributed by atoms with van der Waals surface area (Å²) >= 11 is 0. The van der Waals surface area contributed by atoms with Gasteiger partial charge in [-0.25, -0.2) is 13.2 Å². The summed E-state index contributed by atoms with van der Waals surface area (Å²) in [5.74, 6) is -1.29. The lowest BCUT2D eigenvalue weighted by Crippen LogP contribution is -3.11. The van der Waals surface area contributed by atoms with Gasteiger partial charge in [-0.05, 0) is 41.0 Å². The number of esters is 1. The van der Waals surface area contributed by atoms with Crippen molar-refractivity contribution in [3.05, 3.63) is 12.2 Å². The van der Waals surface area contributed by atoms with Crippen molar-refractivity contribution < 1.29 is 32.2 Å². The van der Waals surface area contributed by atoms with E-state index in [2.05, 4.69) is 25.7 Å². The minimum atomic E-state index is -4.32. The lowest BCUT2D eigenvalue weighted by atomic mass is 10.0. The molecule has 0 aliphatic rings. The molecule has 1 amide bonds. The van der Waals surface area contributed by atoms with Gasteiger partial charge in [-0.15, -0.1) is 0 Å². The van der Waals surface area contributed by atoms with Crippen LogP contribution in [-0.2, 0) is 24.4 Å². The first-order valence-corrected chi connectivity index (χ1v) is 11.2. The summed E-state index contributed by atoms with van der Waals surface area (Å²) in [6, 6.07) is 0. The summed E-state index contributed by atoms with van der Waals surface area (Å²) in [7, 11) is -4.32. The molecule has 0 aromatic heterocycles. The number of carbonyl (C=O) groups is 2. The Morgan fingerprint density at radius 1 is 1.21 bits per heavy atom. The van der Waals surface area contributed by atoms with Crippen LogP contribution in [0.5, 0.6) is 0 Å². The Morgan fingerprint density at radius 3 is 2.07 bits per heavy atom. The minimum absolute atomic E-state index is 0.182. The number of likely N-dealkylation sites (N-methyl/N-ethyl adjacent to an activating group) is 1. The highest BCUT2D eigenvalue weighted by molar-refractivity contribution is 7.85. The Bertz CT molecular complexity index is 598. The second-order valence-corrected chi connectivity index (χ2v) is 8.91. The molecule has 9 heteroatoms. The Balaban J connectivity index is 0. The maximum Gasteiger partial charge on any atom is 0.333 e. The average Bonchev–Trinajstić information content (AvgIpc) is 2.55. The van der Waals surface area contributed by atoms with Gasteiger partial charge >= 0.3 is 5.97 Å². The molecule has 0 fully saturated rings. The third-order valence-electron chi connectivity index (χ3n) is 4.10. The van der Waals surface area contributed by atoms with Crippen molar-refractivity contribution in [3.8, 4) is 0 Å². The lowest BCUT2D eigenvalue weighted by molar-refractivity contribution is -0.896. The quantitative estimate of drug-likeness (QED) is 0.284. The first-order chi connectivity index (χ1) is 12.7. The van der Waals surface area contributed by atoms with Crippen molar-refractivity contribution in [3.63, 3.8) is 0 Å². The predicted molar refractivity (Wildman–Crippen MR) is 109 cm³/mol. The normalized spacial score (nSPS) is 12.6. The predicted octanol–water partition coefficient (Wildman–Crippen LogP) is 0.503. The molecule has 0 heterocycles. The van der Waals surface area contributed by atoms with Crippen molar-refractivity contribution in [2.75, 3.05) is 32.0 Å². The van der Waals surface area contributed by atoms with E-state index in [-0.39, 0.29) is 17.8 Å². The molecule has 28 heavy (non-hydrogen) atoms. The van der Waals surface area contributed by atoms with Gasteiger partial charge in [0.05, 0.1) is 29.0 Å². The van der Waals surface area contributed by atoms with Gasteiger partial charge in [0.2, 0.25) is 5.91 Å². The van der Waals surface area contributed by atoms with Gasteiger partial charge in [-0.1, -0.05) is 20.4 Å². The molecule has 0 radical (unpaired) electrons. The zero-order valence-corrected chi connectivity index (χ0v) is 19.2. The molecule has 0 spiro atoms. The molecule has 0 aliphatic heterocycles. The SMILES string of the molecule is C=C(C)C(=O)OCC[NH+](CC)CC.CCC(C)C(=O)NC(C)(C)CS(=O)(=O)[O-]. The van der Waals surface area contributed by atoms with Crippen LogP contribution in [0, 0.1) is 5.92 Å². The van der Waals surface area contributed by atoms with E-state index < -0.39 is 21.4 Å². The van der Waals surface area contributed by atoms with Gasteiger partial charge in [0.1, 0.15) is 13.2 Å². The number of ether oxygens (including phenoxy) is 1. The van der Waals surface area contributed by atoms with Gasteiger partial charge in [0.25, 0.3) is 0 Å². The highest BCUT2D eigenvalue weighted by atomic mass is 32.2. The van der Waals surface area contributed by atoms with E-state index in [4.69, 9.17) is 4.74 Å². The fraction of sp³-hybridized carbons (Fsp3) is 0.789. The third kappa shape index (κ3) is 15.6. The van der Waals surface area contributed by atoms with Crippen molar-refractivity contribution in [1.82, 2.24) is 5.32 Å². The number of carbonyl (C=O) groups excluding carboxylic acids is 2. The Kier molecular flexibility index (Phi) is 14.1. The van der Waals surface area contributed by atoms with Crippen molar-refractivity contribution in [2.24, 2.45) is 5.92 Å². The highest BCUT2D eigenvalue weighted by Gasteiger charge is 2.25. The topological polar surface area (TPSA) is 117 Å². The first kappa shape index (κ1) is 28.8. The van der Waals surface area contributed by atoms with Crippen molar-refractivity contribution >= 4 is 22.0 Å². The smallest absolute Gasteiger partial charge is 0.333 e. The molecule has 166 valence electrons. The van der Waals surface area contributed by atoms with E-state index in [1.165, 1.54) is 18.7 Å². The molecule has 8 nitrogen and oxygen atoms in total. The number of hydrogen-bond donors (Lipinski definition) is 2. The Morgan fingerprint density at radius 2 is 1.71 bits per heavy atom. The largest absolute Gasteiger partial charge is 0.748 e. The zero-order valence-electron chi connectivity index (χ0n) is 18.4. The number of quaternary nitrogens is 1. The molecule has 0 aromatic rings. The van der Waals surface area contributed by atoms with Crippen LogP contribution in [0.4, 0.5) is 0 Å². The molecular formula is C19H38N2O6S. The van der Waals surface area contributed by atoms with Crippen molar-refractivity contribution in [2.45, 2.75) is 60.4 Å². The summed E-state index contributed by atoms with van der Waals surface area (Å²) in [6.45, 7) is 19.6. The van der Waals surface area contributed by atoms with E-state index >= 15 is 0 Å².